The molecule has 0 saturated heterocycles. The minimum Gasteiger partial charge on any atom is -0.339 e. The molecule has 1 aromatic rings. The molecule has 2 N–H and O–H groups in total. The van der Waals surface area contributed by atoms with Gasteiger partial charge >= 0.3 is 0 Å². The average molecular weight is 237 g/mol. The van der Waals surface area contributed by atoms with Gasteiger partial charge in [0.25, 0.3) is 0 Å². The number of anilines is 1. The van der Waals surface area contributed by atoms with Gasteiger partial charge in [0.05, 0.1) is 11.4 Å². The van der Waals surface area contributed by atoms with Crippen LogP contribution in [0.25, 0.3) is 0 Å². The number of nitrogens with zero attached hydrogens (tertiary/aromatic N) is 4. The van der Waals surface area contributed by atoms with Gasteiger partial charge in [0, 0.05) is 13.1 Å². The lowest BCUT2D eigenvalue weighted by molar-refractivity contribution is 0.586. The van der Waals surface area contributed by atoms with Crippen LogP contribution in [0.2, 0.25) is 0 Å². The van der Waals surface area contributed by atoms with Crippen LogP contribution >= 0.6 is 0 Å². The third-order valence-corrected chi connectivity index (χ3v) is 2.58. The first-order valence-electron chi connectivity index (χ1n) is 6.17. The molecule has 5 nitrogen and oxygen atoms in total. The van der Waals surface area contributed by atoms with Crippen LogP contribution in [0.5, 0.6) is 0 Å². The zero-order valence-corrected chi connectivity index (χ0v) is 11.3. The first-order chi connectivity index (χ1) is 8.04. The van der Waals surface area contributed by atoms with Crippen LogP contribution < -0.4 is 10.6 Å². The highest BCUT2D eigenvalue weighted by molar-refractivity contribution is 5.29. The van der Waals surface area contributed by atoms with Gasteiger partial charge in [-0.05, 0) is 32.7 Å². The van der Waals surface area contributed by atoms with Crippen molar-refractivity contribution in [3.8, 4) is 0 Å². The van der Waals surface area contributed by atoms with E-state index in [9.17, 15) is 0 Å². The van der Waals surface area contributed by atoms with Gasteiger partial charge < -0.3 is 10.6 Å². The number of rotatable bonds is 6. The van der Waals surface area contributed by atoms with E-state index < -0.39 is 0 Å². The molecule has 0 aliphatic rings. The Morgan fingerprint density at radius 3 is 2.41 bits per heavy atom. The van der Waals surface area contributed by atoms with E-state index in [0.29, 0.717) is 12.5 Å². The highest BCUT2D eigenvalue weighted by Gasteiger charge is 2.12. The van der Waals surface area contributed by atoms with Crippen LogP contribution in [-0.4, -0.2) is 34.8 Å². The van der Waals surface area contributed by atoms with Crippen LogP contribution in [0.3, 0.4) is 0 Å². The van der Waals surface area contributed by atoms with Crippen LogP contribution in [0.1, 0.15) is 31.7 Å². The van der Waals surface area contributed by atoms with Crippen molar-refractivity contribution in [2.75, 3.05) is 24.5 Å². The van der Waals surface area contributed by atoms with E-state index in [4.69, 9.17) is 5.73 Å². The lowest BCUT2D eigenvalue weighted by atomic mass is 10.2. The predicted molar refractivity (Wildman–Crippen MR) is 70.0 cm³/mol. The minimum absolute atomic E-state index is 0.568. The van der Waals surface area contributed by atoms with Crippen LogP contribution in [0.15, 0.2) is 0 Å². The predicted octanol–water partition coefficient (Wildman–Crippen LogP) is 1.30. The van der Waals surface area contributed by atoms with Gasteiger partial charge in [-0.25, -0.2) is 4.98 Å². The summed E-state index contributed by atoms with van der Waals surface area (Å²) >= 11 is 0. The fraction of sp³-hybridized carbons (Fsp3) is 0.750. The molecular formula is C12H23N5. The Hall–Kier alpha value is -1.23. The Morgan fingerprint density at radius 1 is 1.18 bits per heavy atom. The fourth-order valence-electron chi connectivity index (χ4n) is 1.58. The Balaban J connectivity index is 2.83. The van der Waals surface area contributed by atoms with Crippen molar-refractivity contribution in [3.05, 3.63) is 11.4 Å². The lowest BCUT2D eigenvalue weighted by Gasteiger charge is -2.24. The second kappa shape index (κ2) is 6.49. The van der Waals surface area contributed by atoms with Crippen molar-refractivity contribution >= 4 is 5.95 Å². The molecule has 0 unspecified atom stereocenters. The average Bonchev–Trinajstić information content (AvgIpc) is 2.27. The molecule has 0 aromatic carbocycles. The summed E-state index contributed by atoms with van der Waals surface area (Å²) in [5.41, 5.74) is 7.38. The number of aromatic nitrogens is 3. The van der Waals surface area contributed by atoms with Crippen LogP contribution in [0.4, 0.5) is 5.95 Å². The third-order valence-electron chi connectivity index (χ3n) is 2.58. The van der Waals surface area contributed by atoms with Crippen molar-refractivity contribution in [2.24, 2.45) is 11.7 Å². The molecule has 0 saturated carbocycles. The number of nitrogens with two attached hydrogens (primary N) is 1. The van der Waals surface area contributed by atoms with Gasteiger partial charge in [-0.1, -0.05) is 13.8 Å². The molecule has 0 fully saturated rings. The smallest absolute Gasteiger partial charge is 0.245 e. The Labute approximate surface area is 103 Å². The van der Waals surface area contributed by atoms with Crippen LogP contribution in [-0.2, 0) is 0 Å². The Kier molecular flexibility index (Phi) is 5.28. The Bertz CT molecular complexity index is 351. The van der Waals surface area contributed by atoms with Gasteiger partial charge in [0.15, 0.2) is 0 Å². The summed E-state index contributed by atoms with van der Waals surface area (Å²) in [6, 6.07) is 0. The van der Waals surface area contributed by atoms with Crippen molar-refractivity contribution in [3.63, 3.8) is 0 Å². The van der Waals surface area contributed by atoms with E-state index in [0.717, 1.165) is 36.8 Å². The molecule has 0 amide bonds. The zero-order chi connectivity index (χ0) is 12.8. The molecule has 0 radical (unpaired) electrons. The summed E-state index contributed by atoms with van der Waals surface area (Å²) in [4.78, 5) is 6.65. The van der Waals surface area contributed by atoms with Crippen molar-refractivity contribution < 1.29 is 0 Å². The monoisotopic (exact) mass is 237 g/mol. The molecule has 0 spiro atoms. The SMILES string of the molecule is Cc1nnc(N(CCCN)CC(C)C)nc1C. The maximum atomic E-state index is 5.56. The topological polar surface area (TPSA) is 67.9 Å². The van der Waals surface area contributed by atoms with Gasteiger partial charge in [-0.2, -0.15) is 5.10 Å². The molecule has 0 atom stereocenters. The van der Waals surface area contributed by atoms with E-state index in [1.807, 2.05) is 13.8 Å². The number of aryl methyl sites for hydroxylation is 2. The summed E-state index contributed by atoms with van der Waals surface area (Å²) in [7, 11) is 0. The first kappa shape index (κ1) is 13.8. The molecular weight excluding hydrogens is 214 g/mol. The molecule has 96 valence electrons. The van der Waals surface area contributed by atoms with Crippen molar-refractivity contribution in [1.82, 2.24) is 15.2 Å². The minimum atomic E-state index is 0.568. The molecule has 0 aliphatic heterocycles. The summed E-state index contributed by atoms with van der Waals surface area (Å²) in [6.07, 6.45) is 0.947. The van der Waals surface area contributed by atoms with Gasteiger partial charge in [-0.3, -0.25) is 0 Å². The second-order valence-electron chi connectivity index (χ2n) is 4.76. The maximum absolute atomic E-state index is 5.56. The van der Waals surface area contributed by atoms with Crippen molar-refractivity contribution in [1.29, 1.82) is 0 Å². The Morgan fingerprint density at radius 2 is 1.88 bits per heavy atom. The van der Waals surface area contributed by atoms with Gasteiger partial charge in [-0.15, -0.1) is 5.10 Å². The number of hydrogen-bond acceptors (Lipinski definition) is 5. The quantitative estimate of drug-likeness (QED) is 0.807. The molecule has 1 heterocycles. The summed E-state index contributed by atoms with van der Waals surface area (Å²) < 4.78 is 0. The summed E-state index contributed by atoms with van der Waals surface area (Å²) in [5, 5.41) is 8.30. The normalized spacial score (nSPS) is 10.9. The highest BCUT2D eigenvalue weighted by Crippen LogP contribution is 2.11. The molecule has 1 rings (SSSR count). The molecule has 5 heteroatoms. The highest BCUT2D eigenvalue weighted by atomic mass is 15.3. The fourth-order valence-corrected chi connectivity index (χ4v) is 1.58. The van der Waals surface area contributed by atoms with Gasteiger partial charge in [0.2, 0.25) is 5.95 Å². The molecule has 0 aliphatic carbocycles. The van der Waals surface area contributed by atoms with E-state index in [1.54, 1.807) is 0 Å². The lowest BCUT2D eigenvalue weighted by Crippen LogP contribution is -2.32. The first-order valence-corrected chi connectivity index (χ1v) is 6.17. The maximum Gasteiger partial charge on any atom is 0.245 e. The van der Waals surface area contributed by atoms with E-state index in [1.165, 1.54) is 0 Å². The standard InChI is InChI=1S/C12H23N5/c1-9(2)8-17(7-5-6-13)12-14-10(3)11(4)15-16-12/h9H,5-8,13H2,1-4H3. The third kappa shape index (κ3) is 4.26. The molecule has 0 bridgehead atoms. The van der Waals surface area contributed by atoms with Crippen LogP contribution in [0, 0.1) is 19.8 Å². The summed E-state index contributed by atoms with van der Waals surface area (Å²) in [6.45, 7) is 10.8. The van der Waals surface area contributed by atoms with E-state index >= 15 is 0 Å². The molecule has 1 aromatic heterocycles. The van der Waals surface area contributed by atoms with Gasteiger partial charge in [0.1, 0.15) is 0 Å². The largest absolute Gasteiger partial charge is 0.339 e. The number of hydrogen-bond donors (Lipinski definition) is 1. The summed E-state index contributed by atoms with van der Waals surface area (Å²) in [5.74, 6) is 1.29. The second-order valence-corrected chi connectivity index (χ2v) is 4.76. The van der Waals surface area contributed by atoms with E-state index in [2.05, 4.69) is 33.9 Å². The van der Waals surface area contributed by atoms with E-state index in [-0.39, 0.29) is 0 Å². The van der Waals surface area contributed by atoms with Crippen molar-refractivity contribution in [2.45, 2.75) is 34.1 Å². The molecule has 17 heavy (non-hydrogen) atoms. The zero-order valence-electron chi connectivity index (χ0n) is 11.3.